The van der Waals surface area contributed by atoms with Crippen molar-refractivity contribution in [3.8, 4) is 22.4 Å². The fraction of sp³-hybridized carbons (Fsp3) is 0.167. The molecule has 3 aromatic rings. The third-order valence-electron chi connectivity index (χ3n) is 3.84. The van der Waals surface area contributed by atoms with E-state index < -0.39 is 10.0 Å². The van der Waals surface area contributed by atoms with Gasteiger partial charge in [0.25, 0.3) is 0 Å². The predicted molar refractivity (Wildman–Crippen MR) is 96.2 cm³/mol. The summed E-state index contributed by atoms with van der Waals surface area (Å²) in [7, 11) is -3.88. The van der Waals surface area contributed by atoms with Crippen LogP contribution in [0.1, 0.15) is 6.42 Å². The summed E-state index contributed by atoms with van der Waals surface area (Å²) in [6.45, 7) is 0.595. The average molecular weight is 357 g/mol. The Morgan fingerprint density at radius 3 is 2.36 bits per heavy atom. The quantitative estimate of drug-likeness (QED) is 0.707. The number of sulfonamides is 1. The van der Waals surface area contributed by atoms with Crippen LogP contribution in [0.3, 0.4) is 0 Å². The van der Waals surface area contributed by atoms with E-state index >= 15 is 0 Å². The maximum atomic E-state index is 12.0. The number of aliphatic hydroxyl groups excluding tert-OH is 1. The average Bonchev–Trinajstić information content (AvgIpc) is 3.04. The number of aryl methyl sites for hydroxylation is 1. The Bertz CT molecular complexity index is 966. The summed E-state index contributed by atoms with van der Waals surface area (Å²) in [5.41, 5.74) is 2.76. The van der Waals surface area contributed by atoms with Crippen molar-refractivity contribution < 1.29 is 13.5 Å². The summed E-state index contributed by atoms with van der Waals surface area (Å²) < 4.78 is 25.6. The second-order valence-corrected chi connectivity index (χ2v) is 7.17. The molecule has 0 aliphatic carbocycles. The van der Waals surface area contributed by atoms with Crippen molar-refractivity contribution in [3.63, 3.8) is 0 Å². The van der Waals surface area contributed by atoms with E-state index in [1.807, 2.05) is 36.5 Å². The first-order valence-electron chi connectivity index (χ1n) is 7.86. The maximum absolute atomic E-state index is 12.0. The molecule has 7 heteroatoms. The highest BCUT2D eigenvalue weighted by Crippen LogP contribution is 2.34. The van der Waals surface area contributed by atoms with E-state index in [0.717, 1.165) is 11.1 Å². The lowest BCUT2D eigenvalue weighted by Gasteiger charge is -2.07. The molecule has 0 aliphatic rings. The van der Waals surface area contributed by atoms with Crippen molar-refractivity contribution in [1.29, 1.82) is 0 Å². The molecular weight excluding hydrogens is 338 g/mol. The van der Waals surface area contributed by atoms with Crippen LogP contribution >= 0.6 is 0 Å². The standard InChI is InChI=1S/C18H19N3O3S/c19-25(23,24)17-10-5-4-9-15(17)18-16(14-7-2-1-3-8-14)13-21(20-18)11-6-12-22/h1-5,7-10,13,22H,6,11-12H2,(H2,19,23,24). The van der Waals surface area contributed by atoms with Crippen molar-refractivity contribution in [2.75, 3.05) is 6.61 Å². The number of nitrogens with two attached hydrogens (primary N) is 1. The summed E-state index contributed by atoms with van der Waals surface area (Å²) in [6, 6.07) is 16.2. The Morgan fingerprint density at radius 1 is 1.00 bits per heavy atom. The topological polar surface area (TPSA) is 98.2 Å². The molecule has 0 atom stereocenters. The lowest BCUT2D eigenvalue weighted by atomic mass is 10.0. The van der Waals surface area contributed by atoms with Gasteiger partial charge in [-0.05, 0) is 18.1 Å². The first-order valence-corrected chi connectivity index (χ1v) is 9.41. The number of benzene rings is 2. The fourth-order valence-electron chi connectivity index (χ4n) is 2.71. The number of aromatic nitrogens is 2. The third-order valence-corrected chi connectivity index (χ3v) is 4.81. The summed E-state index contributed by atoms with van der Waals surface area (Å²) >= 11 is 0. The number of hydrogen-bond donors (Lipinski definition) is 2. The minimum atomic E-state index is -3.88. The highest BCUT2D eigenvalue weighted by Gasteiger charge is 2.20. The Kier molecular flexibility index (Phi) is 4.98. The largest absolute Gasteiger partial charge is 0.396 e. The molecule has 3 rings (SSSR count). The zero-order valence-electron chi connectivity index (χ0n) is 13.5. The van der Waals surface area contributed by atoms with Crippen molar-refractivity contribution in [2.24, 2.45) is 5.14 Å². The van der Waals surface area contributed by atoms with Gasteiger partial charge < -0.3 is 5.11 Å². The van der Waals surface area contributed by atoms with Gasteiger partial charge in [0, 0.05) is 30.5 Å². The van der Waals surface area contributed by atoms with Gasteiger partial charge in [0.05, 0.1) is 4.90 Å². The summed E-state index contributed by atoms with van der Waals surface area (Å²) in [6.07, 6.45) is 2.42. The molecule has 25 heavy (non-hydrogen) atoms. The van der Waals surface area contributed by atoms with Gasteiger partial charge >= 0.3 is 0 Å². The SMILES string of the molecule is NS(=O)(=O)c1ccccc1-c1nn(CCCO)cc1-c1ccccc1. The zero-order valence-corrected chi connectivity index (χ0v) is 14.4. The molecule has 0 aliphatic heterocycles. The zero-order chi connectivity index (χ0) is 17.9. The smallest absolute Gasteiger partial charge is 0.238 e. The molecule has 0 radical (unpaired) electrons. The van der Waals surface area contributed by atoms with Gasteiger partial charge in [0.15, 0.2) is 0 Å². The fourth-order valence-corrected chi connectivity index (χ4v) is 3.45. The monoisotopic (exact) mass is 357 g/mol. The van der Waals surface area contributed by atoms with Crippen LogP contribution in [0.25, 0.3) is 22.4 Å². The molecule has 130 valence electrons. The maximum Gasteiger partial charge on any atom is 0.238 e. The Hall–Kier alpha value is -2.48. The number of aliphatic hydroxyl groups is 1. The Labute approximate surface area is 146 Å². The van der Waals surface area contributed by atoms with Crippen LogP contribution in [0.15, 0.2) is 65.7 Å². The molecule has 0 spiro atoms. The van der Waals surface area contributed by atoms with Crippen molar-refractivity contribution in [2.45, 2.75) is 17.9 Å². The lowest BCUT2D eigenvalue weighted by molar-refractivity contribution is 0.277. The van der Waals surface area contributed by atoms with Crippen molar-refractivity contribution in [3.05, 3.63) is 60.8 Å². The van der Waals surface area contributed by atoms with Gasteiger partial charge in [-0.1, -0.05) is 48.5 Å². The molecule has 0 unspecified atom stereocenters. The molecule has 0 amide bonds. The highest BCUT2D eigenvalue weighted by molar-refractivity contribution is 7.89. The van der Waals surface area contributed by atoms with Crippen LogP contribution in [-0.2, 0) is 16.6 Å². The summed E-state index contributed by atoms with van der Waals surface area (Å²) in [5.74, 6) is 0. The Morgan fingerprint density at radius 2 is 1.68 bits per heavy atom. The van der Waals surface area contributed by atoms with Gasteiger partial charge in [0.1, 0.15) is 5.69 Å². The minimum absolute atomic E-state index is 0.0413. The van der Waals surface area contributed by atoms with E-state index in [4.69, 9.17) is 10.2 Å². The van der Waals surface area contributed by atoms with Crippen molar-refractivity contribution >= 4 is 10.0 Å². The lowest BCUT2D eigenvalue weighted by Crippen LogP contribution is -2.13. The van der Waals surface area contributed by atoms with E-state index in [1.54, 1.807) is 22.9 Å². The molecule has 0 saturated carbocycles. The van der Waals surface area contributed by atoms with Crippen LogP contribution < -0.4 is 5.14 Å². The van der Waals surface area contributed by atoms with Gasteiger partial charge in [-0.3, -0.25) is 4.68 Å². The number of hydrogen-bond acceptors (Lipinski definition) is 4. The number of primary sulfonamides is 1. The second kappa shape index (κ2) is 7.18. The Balaban J connectivity index is 2.21. The summed E-state index contributed by atoms with van der Waals surface area (Å²) in [4.78, 5) is 0.0413. The van der Waals surface area contributed by atoms with E-state index in [9.17, 15) is 8.42 Å². The van der Waals surface area contributed by atoms with Crippen LogP contribution in [-0.4, -0.2) is 29.9 Å². The molecule has 1 heterocycles. The van der Waals surface area contributed by atoms with Gasteiger partial charge in [-0.25, -0.2) is 13.6 Å². The minimum Gasteiger partial charge on any atom is -0.396 e. The van der Waals surface area contributed by atoms with Crippen LogP contribution in [0, 0.1) is 0 Å². The van der Waals surface area contributed by atoms with Crippen LogP contribution in [0.5, 0.6) is 0 Å². The molecule has 0 saturated heterocycles. The van der Waals surface area contributed by atoms with Gasteiger partial charge in [0.2, 0.25) is 10.0 Å². The molecule has 1 aromatic heterocycles. The number of nitrogens with zero attached hydrogens (tertiary/aromatic N) is 2. The molecule has 2 aromatic carbocycles. The molecule has 0 fully saturated rings. The van der Waals surface area contributed by atoms with Gasteiger partial charge in [-0.15, -0.1) is 0 Å². The molecular formula is C18H19N3O3S. The first-order chi connectivity index (χ1) is 12.0. The normalized spacial score (nSPS) is 11.6. The molecule has 6 nitrogen and oxygen atoms in total. The van der Waals surface area contributed by atoms with E-state index in [2.05, 4.69) is 5.10 Å². The van der Waals surface area contributed by atoms with E-state index in [1.165, 1.54) is 6.07 Å². The third kappa shape index (κ3) is 3.79. The van der Waals surface area contributed by atoms with E-state index in [0.29, 0.717) is 24.2 Å². The number of rotatable bonds is 6. The first kappa shape index (κ1) is 17.3. The second-order valence-electron chi connectivity index (χ2n) is 5.64. The summed E-state index contributed by atoms with van der Waals surface area (Å²) in [5, 5.41) is 19.0. The molecule has 3 N–H and O–H groups in total. The predicted octanol–water partition coefficient (Wildman–Crippen LogP) is 2.25. The molecule has 0 bridgehead atoms. The van der Waals surface area contributed by atoms with E-state index in [-0.39, 0.29) is 11.5 Å². The van der Waals surface area contributed by atoms with Crippen LogP contribution in [0.2, 0.25) is 0 Å². The highest BCUT2D eigenvalue weighted by atomic mass is 32.2. The van der Waals surface area contributed by atoms with Crippen molar-refractivity contribution in [1.82, 2.24) is 9.78 Å². The van der Waals surface area contributed by atoms with Gasteiger partial charge in [-0.2, -0.15) is 5.10 Å². The van der Waals surface area contributed by atoms with Crippen LogP contribution in [0.4, 0.5) is 0 Å².